The summed E-state index contributed by atoms with van der Waals surface area (Å²) in [5, 5.41) is 2.41. The number of hydrogen-bond acceptors (Lipinski definition) is 6. The van der Waals surface area contributed by atoms with Crippen LogP contribution in [0, 0.1) is 0 Å². The summed E-state index contributed by atoms with van der Waals surface area (Å²) in [4.78, 5) is 11.6. The first-order valence-electron chi connectivity index (χ1n) is 5.64. The van der Waals surface area contributed by atoms with Crippen molar-refractivity contribution >= 4 is 29.4 Å². The monoisotopic (exact) mass is 295 g/mol. The smallest absolute Gasteiger partial charge is 0.294 e. The number of thiocarbonyl (C=S) groups is 1. The summed E-state index contributed by atoms with van der Waals surface area (Å²) in [5.74, 6) is 1.26. The number of methoxy groups -OCH3 is 3. The van der Waals surface area contributed by atoms with Crippen LogP contribution in [-0.4, -0.2) is 32.4 Å². The summed E-state index contributed by atoms with van der Waals surface area (Å²) >= 11 is 4.77. The zero-order valence-electron chi connectivity index (χ0n) is 11.2. The Kier molecular flexibility index (Phi) is 4.09. The fourth-order valence-electron chi connectivity index (χ4n) is 1.73. The molecule has 0 radical (unpaired) electrons. The Bertz CT molecular complexity index is 597. The van der Waals surface area contributed by atoms with Crippen LogP contribution < -0.4 is 19.5 Å². The van der Waals surface area contributed by atoms with Gasteiger partial charge in [-0.25, -0.2) is 0 Å². The molecule has 1 aromatic carbocycles. The average molecular weight is 295 g/mol. The fraction of sp³-hybridized carbons (Fsp3) is 0.231. The van der Waals surface area contributed by atoms with Gasteiger partial charge >= 0.3 is 0 Å². The first-order chi connectivity index (χ1) is 9.58. The molecule has 20 heavy (non-hydrogen) atoms. The number of amides is 1. The molecule has 0 bridgehead atoms. The standard InChI is InChI=1S/C13H13NO5S/c1-16-8-6-10(18-3)9(17-2)4-7(8)5-11-12(15)14-13(20)19-11/h4-6H,1-3H3,(H,14,15,20)/b11-5-. The number of carbonyl (C=O) groups excluding carboxylic acids is 1. The van der Waals surface area contributed by atoms with Gasteiger partial charge in [0.15, 0.2) is 17.3 Å². The van der Waals surface area contributed by atoms with Crippen LogP contribution in [0.4, 0.5) is 0 Å². The molecule has 1 fully saturated rings. The Morgan fingerprint density at radius 3 is 2.20 bits per heavy atom. The van der Waals surface area contributed by atoms with Gasteiger partial charge in [-0.2, -0.15) is 0 Å². The first-order valence-corrected chi connectivity index (χ1v) is 6.04. The lowest BCUT2D eigenvalue weighted by Gasteiger charge is -2.12. The van der Waals surface area contributed by atoms with Gasteiger partial charge in [-0.15, -0.1) is 0 Å². The lowest BCUT2D eigenvalue weighted by molar-refractivity contribution is -0.116. The Balaban J connectivity index is 2.48. The maximum Gasteiger partial charge on any atom is 0.294 e. The van der Waals surface area contributed by atoms with E-state index in [1.165, 1.54) is 27.4 Å². The highest BCUT2D eigenvalue weighted by Gasteiger charge is 2.24. The third-order valence-electron chi connectivity index (χ3n) is 2.66. The molecular formula is C13H13NO5S. The van der Waals surface area contributed by atoms with E-state index in [1.54, 1.807) is 12.1 Å². The lowest BCUT2D eigenvalue weighted by atomic mass is 10.1. The second-order valence-corrected chi connectivity index (χ2v) is 4.17. The van der Waals surface area contributed by atoms with Crippen molar-refractivity contribution in [3.63, 3.8) is 0 Å². The van der Waals surface area contributed by atoms with Crippen molar-refractivity contribution in [2.24, 2.45) is 0 Å². The van der Waals surface area contributed by atoms with Crippen LogP contribution in [0.15, 0.2) is 17.9 Å². The second kappa shape index (κ2) is 5.79. The maximum atomic E-state index is 11.6. The lowest BCUT2D eigenvalue weighted by Crippen LogP contribution is -2.18. The quantitative estimate of drug-likeness (QED) is 0.670. The van der Waals surface area contributed by atoms with Crippen molar-refractivity contribution in [1.29, 1.82) is 0 Å². The molecule has 6 nitrogen and oxygen atoms in total. The van der Waals surface area contributed by atoms with E-state index >= 15 is 0 Å². The van der Waals surface area contributed by atoms with Crippen LogP contribution in [0.3, 0.4) is 0 Å². The van der Waals surface area contributed by atoms with Crippen molar-refractivity contribution in [2.45, 2.75) is 0 Å². The van der Waals surface area contributed by atoms with E-state index in [4.69, 9.17) is 31.2 Å². The van der Waals surface area contributed by atoms with Crippen LogP contribution >= 0.6 is 12.2 Å². The van der Waals surface area contributed by atoms with Crippen LogP contribution in [0.1, 0.15) is 5.56 Å². The minimum Gasteiger partial charge on any atom is -0.496 e. The molecule has 1 amide bonds. The van der Waals surface area contributed by atoms with Crippen LogP contribution in [0.25, 0.3) is 6.08 Å². The predicted molar refractivity (Wildman–Crippen MR) is 75.9 cm³/mol. The van der Waals surface area contributed by atoms with Gasteiger partial charge in [-0.05, 0) is 24.4 Å². The largest absolute Gasteiger partial charge is 0.496 e. The molecule has 0 unspecified atom stereocenters. The van der Waals surface area contributed by atoms with Crippen molar-refractivity contribution in [3.8, 4) is 17.2 Å². The van der Waals surface area contributed by atoms with Gasteiger partial charge in [-0.1, -0.05) is 0 Å². The Morgan fingerprint density at radius 2 is 1.70 bits per heavy atom. The topological polar surface area (TPSA) is 66.0 Å². The number of ether oxygens (including phenoxy) is 4. The Morgan fingerprint density at radius 1 is 1.10 bits per heavy atom. The number of benzene rings is 1. The van der Waals surface area contributed by atoms with Gasteiger partial charge in [0.1, 0.15) is 5.75 Å². The van der Waals surface area contributed by atoms with Crippen LogP contribution in [0.2, 0.25) is 0 Å². The highest BCUT2D eigenvalue weighted by Crippen LogP contribution is 2.35. The van der Waals surface area contributed by atoms with Gasteiger partial charge in [0, 0.05) is 11.6 Å². The molecule has 1 saturated heterocycles. The molecular weight excluding hydrogens is 282 g/mol. The number of nitrogens with one attached hydrogen (secondary N) is 1. The minimum absolute atomic E-state index is 0.0284. The summed E-state index contributed by atoms with van der Waals surface area (Å²) in [7, 11) is 4.57. The molecule has 1 aliphatic heterocycles. The van der Waals surface area contributed by atoms with Gasteiger partial charge in [0.25, 0.3) is 11.1 Å². The molecule has 7 heteroatoms. The number of hydrogen-bond donors (Lipinski definition) is 1. The van der Waals surface area contributed by atoms with E-state index in [-0.39, 0.29) is 10.9 Å². The first kappa shape index (κ1) is 14.1. The van der Waals surface area contributed by atoms with Gasteiger partial charge in [0.2, 0.25) is 0 Å². The summed E-state index contributed by atoms with van der Waals surface area (Å²) in [6.45, 7) is 0. The maximum absolute atomic E-state index is 11.6. The molecule has 0 saturated carbocycles. The fourth-order valence-corrected chi connectivity index (χ4v) is 1.91. The summed E-state index contributed by atoms with van der Waals surface area (Å²) in [6, 6.07) is 3.35. The van der Waals surface area contributed by atoms with Crippen molar-refractivity contribution in [1.82, 2.24) is 5.32 Å². The number of carbonyl (C=O) groups is 1. The molecule has 0 aliphatic carbocycles. The van der Waals surface area contributed by atoms with E-state index in [0.717, 1.165) is 0 Å². The minimum atomic E-state index is -0.396. The highest BCUT2D eigenvalue weighted by atomic mass is 32.1. The van der Waals surface area contributed by atoms with Gasteiger partial charge in [-0.3, -0.25) is 10.1 Å². The average Bonchev–Trinajstić information content (AvgIpc) is 2.76. The third kappa shape index (κ3) is 2.67. The third-order valence-corrected chi connectivity index (χ3v) is 2.85. The second-order valence-electron chi connectivity index (χ2n) is 3.80. The molecule has 2 rings (SSSR count). The SMILES string of the molecule is COc1cc(OC)c(OC)cc1/C=C1\OC(=S)NC1=O. The van der Waals surface area contributed by atoms with Crippen molar-refractivity contribution < 1.29 is 23.7 Å². The van der Waals surface area contributed by atoms with E-state index in [9.17, 15) is 4.79 Å². The molecule has 0 atom stereocenters. The van der Waals surface area contributed by atoms with Crippen LogP contribution in [0.5, 0.6) is 17.2 Å². The van der Waals surface area contributed by atoms with E-state index in [1.807, 2.05) is 0 Å². The van der Waals surface area contributed by atoms with E-state index in [2.05, 4.69) is 5.32 Å². The van der Waals surface area contributed by atoms with Gasteiger partial charge in [0.05, 0.1) is 21.3 Å². The highest BCUT2D eigenvalue weighted by molar-refractivity contribution is 7.80. The Labute approximate surface area is 121 Å². The van der Waals surface area contributed by atoms with Crippen molar-refractivity contribution in [3.05, 3.63) is 23.5 Å². The molecule has 1 aliphatic rings. The number of rotatable bonds is 4. The van der Waals surface area contributed by atoms with Gasteiger partial charge < -0.3 is 18.9 Å². The molecule has 1 N–H and O–H groups in total. The molecule has 1 heterocycles. The normalized spacial score (nSPS) is 15.8. The van der Waals surface area contributed by atoms with E-state index < -0.39 is 5.91 Å². The Hall–Kier alpha value is -2.28. The van der Waals surface area contributed by atoms with Crippen LogP contribution in [-0.2, 0) is 9.53 Å². The zero-order valence-corrected chi connectivity index (χ0v) is 12.0. The predicted octanol–water partition coefficient (Wildman–Crippen LogP) is 1.48. The molecule has 1 aromatic rings. The van der Waals surface area contributed by atoms with Crippen molar-refractivity contribution in [2.75, 3.05) is 21.3 Å². The summed E-state index contributed by atoms with van der Waals surface area (Å²) in [6.07, 6.45) is 1.52. The van der Waals surface area contributed by atoms with E-state index in [0.29, 0.717) is 22.8 Å². The molecule has 106 valence electrons. The zero-order chi connectivity index (χ0) is 14.7. The molecule has 0 aromatic heterocycles. The molecule has 0 spiro atoms. The summed E-state index contributed by atoms with van der Waals surface area (Å²) in [5.41, 5.74) is 0.611. The summed E-state index contributed by atoms with van der Waals surface area (Å²) < 4.78 is 20.8.